The lowest BCUT2D eigenvalue weighted by atomic mass is 10.00. The molecule has 1 unspecified atom stereocenters. The molecule has 0 saturated carbocycles. The number of ether oxygens (including phenoxy) is 4. The van der Waals surface area contributed by atoms with Crippen LogP contribution in [0, 0.1) is 0 Å². The van der Waals surface area contributed by atoms with E-state index < -0.39 is 5.97 Å². The minimum atomic E-state index is -0.525. The van der Waals surface area contributed by atoms with Crippen molar-refractivity contribution < 1.29 is 28.5 Å². The number of hydrogen-bond acceptors (Lipinski definition) is 6. The molecule has 1 heterocycles. The van der Waals surface area contributed by atoms with E-state index in [-0.39, 0.29) is 12.0 Å². The molecule has 0 aliphatic carbocycles. The van der Waals surface area contributed by atoms with Crippen molar-refractivity contribution in [1.29, 1.82) is 0 Å². The summed E-state index contributed by atoms with van der Waals surface area (Å²) in [6.07, 6.45) is 6.63. The standard InChI is InChI=1S/C29H32O6/c1-2-6-21-8-14-25-23(19-21)11-15-27(26(25)20-30)35-29(31)22-9-12-24(13-10-22)32-17-5-18-34-28-7-3-4-16-33-28/h8-15,19-20,28H,2-7,16-18H2,1H3. The maximum atomic E-state index is 12.7. The van der Waals surface area contributed by atoms with Gasteiger partial charge < -0.3 is 18.9 Å². The zero-order chi connectivity index (χ0) is 24.5. The minimum Gasteiger partial charge on any atom is -0.494 e. The quantitative estimate of drug-likeness (QED) is 0.143. The SMILES string of the molecule is CCCc1ccc2c(C=O)c(OC(=O)c3ccc(OCCCOC4CCCCO4)cc3)ccc2c1. The third-order valence-corrected chi connectivity index (χ3v) is 6.03. The zero-order valence-corrected chi connectivity index (χ0v) is 20.2. The average Bonchev–Trinajstić information content (AvgIpc) is 2.89. The van der Waals surface area contributed by atoms with Crippen molar-refractivity contribution >= 4 is 23.0 Å². The smallest absolute Gasteiger partial charge is 0.343 e. The van der Waals surface area contributed by atoms with Crippen LogP contribution in [0.25, 0.3) is 10.8 Å². The largest absolute Gasteiger partial charge is 0.494 e. The van der Waals surface area contributed by atoms with E-state index in [0.717, 1.165) is 62.2 Å². The van der Waals surface area contributed by atoms with E-state index >= 15 is 0 Å². The maximum Gasteiger partial charge on any atom is 0.343 e. The van der Waals surface area contributed by atoms with Gasteiger partial charge in [-0.25, -0.2) is 4.79 Å². The Hall–Kier alpha value is -3.22. The first kappa shape index (κ1) is 24.9. The molecule has 1 saturated heterocycles. The van der Waals surface area contributed by atoms with Crippen molar-refractivity contribution in [3.05, 3.63) is 71.3 Å². The summed E-state index contributed by atoms with van der Waals surface area (Å²) in [7, 11) is 0. The number of aldehydes is 1. The second-order valence-electron chi connectivity index (χ2n) is 8.68. The summed E-state index contributed by atoms with van der Waals surface area (Å²) in [6, 6.07) is 16.3. The van der Waals surface area contributed by atoms with Gasteiger partial charge in [-0.1, -0.05) is 37.6 Å². The Kier molecular flexibility index (Phi) is 8.87. The van der Waals surface area contributed by atoms with Crippen LogP contribution in [0.3, 0.4) is 0 Å². The highest BCUT2D eigenvalue weighted by Crippen LogP contribution is 2.29. The number of aryl methyl sites for hydroxylation is 1. The Morgan fingerprint density at radius 3 is 2.66 bits per heavy atom. The Labute approximate surface area is 206 Å². The highest BCUT2D eigenvalue weighted by molar-refractivity contribution is 6.02. The summed E-state index contributed by atoms with van der Waals surface area (Å²) < 4.78 is 22.6. The molecule has 4 rings (SSSR count). The first-order valence-corrected chi connectivity index (χ1v) is 12.4. The topological polar surface area (TPSA) is 71.1 Å². The summed E-state index contributed by atoms with van der Waals surface area (Å²) >= 11 is 0. The number of carbonyl (C=O) groups excluding carboxylic acids is 2. The van der Waals surface area contributed by atoms with Gasteiger partial charge in [-0.3, -0.25) is 4.79 Å². The van der Waals surface area contributed by atoms with Crippen LogP contribution < -0.4 is 9.47 Å². The molecule has 1 atom stereocenters. The highest BCUT2D eigenvalue weighted by Gasteiger charge is 2.15. The van der Waals surface area contributed by atoms with Crippen molar-refractivity contribution in [2.75, 3.05) is 19.8 Å². The van der Waals surface area contributed by atoms with E-state index in [0.29, 0.717) is 30.1 Å². The van der Waals surface area contributed by atoms with Crippen LogP contribution in [0.4, 0.5) is 0 Å². The van der Waals surface area contributed by atoms with Crippen molar-refractivity contribution in [2.45, 2.75) is 51.7 Å². The molecule has 0 radical (unpaired) electrons. The van der Waals surface area contributed by atoms with Crippen LogP contribution in [0.15, 0.2) is 54.6 Å². The Bertz CT molecular complexity index is 1130. The summed E-state index contributed by atoms with van der Waals surface area (Å²) in [5.74, 6) is 0.392. The number of carbonyl (C=O) groups is 2. The van der Waals surface area contributed by atoms with Crippen LogP contribution >= 0.6 is 0 Å². The van der Waals surface area contributed by atoms with Gasteiger partial charge in [0.25, 0.3) is 0 Å². The van der Waals surface area contributed by atoms with Crippen molar-refractivity contribution in [2.24, 2.45) is 0 Å². The van der Waals surface area contributed by atoms with Gasteiger partial charge in [0.05, 0.1) is 24.3 Å². The third-order valence-electron chi connectivity index (χ3n) is 6.03. The van der Waals surface area contributed by atoms with Crippen LogP contribution in [0.1, 0.15) is 65.3 Å². The summed E-state index contributed by atoms with van der Waals surface area (Å²) in [6.45, 7) is 4.00. The molecule has 3 aromatic carbocycles. The number of rotatable bonds is 11. The molecule has 35 heavy (non-hydrogen) atoms. The fourth-order valence-electron chi connectivity index (χ4n) is 4.19. The minimum absolute atomic E-state index is 0.0880. The fraction of sp³-hybridized carbons (Fsp3) is 0.379. The zero-order valence-electron chi connectivity index (χ0n) is 20.2. The van der Waals surface area contributed by atoms with E-state index in [1.807, 2.05) is 18.2 Å². The molecule has 0 N–H and O–H groups in total. The van der Waals surface area contributed by atoms with Crippen LogP contribution in [0.5, 0.6) is 11.5 Å². The summed E-state index contributed by atoms with van der Waals surface area (Å²) in [5, 5.41) is 1.73. The van der Waals surface area contributed by atoms with E-state index in [1.54, 1.807) is 30.3 Å². The summed E-state index contributed by atoms with van der Waals surface area (Å²) in [4.78, 5) is 24.5. The predicted octanol–water partition coefficient (Wildman–Crippen LogP) is 6.14. The molecule has 3 aromatic rings. The molecule has 6 nitrogen and oxygen atoms in total. The molecule has 0 amide bonds. The first-order valence-electron chi connectivity index (χ1n) is 12.4. The summed E-state index contributed by atoms with van der Waals surface area (Å²) in [5.41, 5.74) is 1.97. The molecule has 6 heteroatoms. The highest BCUT2D eigenvalue weighted by atomic mass is 16.7. The third kappa shape index (κ3) is 6.68. The maximum absolute atomic E-state index is 12.7. The Morgan fingerprint density at radius 1 is 1.06 bits per heavy atom. The average molecular weight is 477 g/mol. The molecule has 0 spiro atoms. The molecular formula is C29H32O6. The lowest BCUT2D eigenvalue weighted by Crippen LogP contribution is -2.23. The van der Waals surface area contributed by atoms with Gasteiger partial charge in [0.15, 0.2) is 12.6 Å². The predicted molar refractivity (Wildman–Crippen MR) is 134 cm³/mol. The van der Waals surface area contributed by atoms with Crippen molar-refractivity contribution in [3.8, 4) is 11.5 Å². The van der Waals surface area contributed by atoms with Gasteiger partial charge >= 0.3 is 5.97 Å². The number of fused-ring (bicyclic) bond motifs is 1. The molecule has 0 aromatic heterocycles. The van der Waals surface area contributed by atoms with Crippen molar-refractivity contribution in [3.63, 3.8) is 0 Å². The lowest BCUT2D eigenvalue weighted by molar-refractivity contribution is -0.163. The fourth-order valence-corrected chi connectivity index (χ4v) is 4.19. The number of benzene rings is 3. The number of esters is 1. The molecule has 1 aliphatic rings. The molecular weight excluding hydrogens is 444 g/mol. The van der Waals surface area contributed by atoms with E-state index in [4.69, 9.17) is 18.9 Å². The Morgan fingerprint density at radius 2 is 1.91 bits per heavy atom. The number of hydrogen-bond donors (Lipinski definition) is 0. The van der Waals surface area contributed by atoms with Gasteiger partial charge in [-0.15, -0.1) is 0 Å². The van der Waals surface area contributed by atoms with Gasteiger partial charge in [0, 0.05) is 13.0 Å². The molecule has 0 bridgehead atoms. The van der Waals surface area contributed by atoms with Crippen molar-refractivity contribution in [1.82, 2.24) is 0 Å². The van der Waals surface area contributed by atoms with Crippen LogP contribution in [-0.4, -0.2) is 38.4 Å². The second kappa shape index (κ2) is 12.5. The first-order chi connectivity index (χ1) is 17.2. The van der Waals surface area contributed by atoms with Gasteiger partial charge in [-0.05, 0) is 72.4 Å². The Balaban J connectivity index is 1.31. The van der Waals surface area contributed by atoms with Gasteiger partial charge in [0.2, 0.25) is 0 Å². The normalized spacial score (nSPS) is 15.6. The van der Waals surface area contributed by atoms with Crippen LogP contribution in [-0.2, 0) is 15.9 Å². The molecule has 1 aliphatic heterocycles. The molecule has 184 valence electrons. The van der Waals surface area contributed by atoms with Crippen LogP contribution in [0.2, 0.25) is 0 Å². The van der Waals surface area contributed by atoms with E-state index in [2.05, 4.69) is 13.0 Å². The van der Waals surface area contributed by atoms with E-state index in [9.17, 15) is 9.59 Å². The molecule has 1 fully saturated rings. The second-order valence-corrected chi connectivity index (χ2v) is 8.68. The monoisotopic (exact) mass is 476 g/mol. The van der Waals surface area contributed by atoms with E-state index in [1.165, 1.54) is 5.56 Å². The van der Waals surface area contributed by atoms with Gasteiger partial charge in [0.1, 0.15) is 11.5 Å². The van der Waals surface area contributed by atoms with Gasteiger partial charge in [-0.2, -0.15) is 0 Å². The lowest BCUT2D eigenvalue weighted by Gasteiger charge is -2.22.